The zero-order valence-corrected chi connectivity index (χ0v) is 17.3. The van der Waals surface area contributed by atoms with Gasteiger partial charge in [0.2, 0.25) is 0 Å². The van der Waals surface area contributed by atoms with E-state index in [0.717, 1.165) is 31.7 Å². The van der Waals surface area contributed by atoms with Crippen molar-refractivity contribution in [3.8, 4) is 17.0 Å². The van der Waals surface area contributed by atoms with E-state index in [1.165, 1.54) is 11.3 Å². The second kappa shape index (κ2) is 7.61. The van der Waals surface area contributed by atoms with Crippen molar-refractivity contribution < 1.29 is 9.53 Å². The molecule has 2 heterocycles. The highest BCUT2D eigenvalue weighted by Gasteiger charge is 2.18. The van der Waals surface area contributed by atoms with Crippen LogP contribution in [0.4, 0.5) is 11.4 Å². The lowest BCUT2D eigenvalue weighted by Crippen LogP contribution is -2.11. The van der Waals surface area contributed by atoms with Gasteiger partial charge in [-0.1, -0.05) is 22.0 Å². The number of methoxy groups -OCH3 is 1. The topological polar surface area (TPSA) is 77.2 Å². The molecule has 0 atom stereocenters. The van der Waals surface area contributed by atoms with Crippen LogP contribution in [-0.2, 0) is 0 Å². The Balaban J connectivity index is 1.66. The summed E-state index contributed by atoms with van der Waals surface area (Å²) in [5.41, 5.74) is 9.16. The number of ether oxygens (including phenoxy) is 1. The standard InChI is InChI=1S/C21H16BrN3O2S/c1-27-15-7-5-12(6-8-15)17-10-9-16-18(23)19(28-21(16)25-17)20(26)24-14-4-2-3-13(22)11-14/h2-11H,23H2,1H3,(H,24,26). The summed E-state index contributed by atoms with van der Waals surface area (Å²) in [5.74, 6) is 0.543. The van der Waals surface area contributed by atoms with Crippen molar-refractivity contribution >= 4 is 54.8 Å². The van der Waals surface area contributed by atoms with Crippen LogP contribution in [0.25, 0.3) is 21.5 Å². The minimum absolute atomic E-state index is 0.246. The maximum atomic E-state index is 12.7. The Labute approximate surface area is 174 Å². The molecule has 4 aromatic rings. The smallest absolute Gasteiger partial charge is 0.267 e. The van der Waals surface area contributed by atoms with Crippen molar-refractivity contribution in [3.63, 3.8) is 0 Å². The number of hydrogen-bond acceptors (Lipinski definition) is 5. The molecule has 140 valence electrons. The van der Waals surface area contributed by atoms with E-state index in [0.29, 0.717) is 16.3 Å². The molecular weight excluding hydrogens is 438 g/mol. The number of nitrogen functional groups attached to an aromatic ring is 1. The summed E-state index contributed by atoms with van der Waals surface area (Å²) in [6, 6.07) is 18.9. The number of nitrogens with one attached hydrogen (secondary N) is 1. The fraction of sp³-hybridized carbons (Fsp3) is 0.0476. The molecule has 28 heavy (non-hydrogen) atoms. The van der Waals surface area contributed by atoms with Crippen molar-refractivity contribution in [2.45, 2.75) is 0 Å². The number of anilines is 2. The second-order valence-electron chi connectivity index (χ2n) is 6.09. The van der Waals surface area contributed by atoms with Gasteiger partial charge >= 0.3 is 0 Å². The van der Waals surface area contributed by atoms with E-state index >= 15 is 0 Å². The minimum atomic E-state index is -0.246. The fourth-order valence-corrected chi connectivity index (χ4v) is 4.23. The van der Waals surface area contributed by atoms with Crippen LogP contribution in [0.15, 0.2) is 65.1 Å². The molecule has 1 amide bonds. The molecule has 0 saturated carbocycles. The molecule has 4 rings (SSSR count). The zero-order valence-electron chi connectivity index (χ0n) is 14.9. The maximum Gasteiger partial charge on any atom is 0.267 e. The molecule has 0 unspecified atom stereocenters. The molecule has 0 aliphatic heterocycles. The molecule has 2 aromatic heterocycles. The van der Waals surface area contributed by atoms with Crippen LogP contribution in [0.5, 0.6) is 5.75 Å². The SMILES string of the molecule is COc1ccc(-c2ccc3c(N)c(C(=O)Nc4cccc(Br)c4)sc3n2)cc1. The van der Waals surface area contributed by atoms with Crippen LogP contribution in [0.1, 0.15) is 9.67 Å². The third-order valence-corrected chi connectivity index (χ3v) is 5.88. The van der Waals surface area contributed by atoms with Crippen LogP contribution in [-0.4, -0.2) is 18.0 Å². The summed E-state index contributed by atoms with van der Waals surface area (Å²) in [5, 5.41) is 3.66. The predicted molar refractivity (Wildman–Crippen MR) is 118 cm³/mol. The molecule has 0 fully saturated rings. The van der Waals surface area contributed by atoms with Crippen molar-refractivity contribution in [1.29, 1.82) is 0 Å². The monoisotopic (exact) mass is 453 g/mol. The Morgan fingerprint density at radius 3 is 2.64 bits per heavy atom. The first-order valence-corrected chi connectivity index (χ1v) is 10.1. The van der Waals surface area contributed by atoms with Gasteiger partial charge in [-0.15, -0.1) is 11.3 Å². The maximum absolute atomic E-state index is 12.7. The summed E-state index contributed by atoms with van der Waals surface area (Å²) in [6.45, 7) is 0. The van der Waals surface area contributed by atoms with Gasteiger partial charge in [0.25, 0.3) is 5.91 Å². The van der Waals surface area contributed by atoms with Gasteiger partial charge in [0.1, 0.15) is 15.5 Å². The van der Waals surface area contributed by atoms with Gasteiger partial charge in [-0.05, 0) is 54.6 Å². The first-order valence-electron chi connectivity index (χ1n) is 8.45. The highest BCUT2D eigenvalue weighted by molar-refractivity contribution is 9.10. The molecule has 0 bridgehead atoms. The Bertz CT molecular complexity index is 1170. The molecule has 0 spiro atoms. The average molecular weight is 454 g/mol. The molecule has 5 nitrogen and oxygen atoms in total. The van der Waals surface area contributed by atoms with Gasteiger partial charge in [-0.3, -0.25) is 4.79 Å². The molecule has 0 radical (unpaired) electrons. The summed E-state index contributed by atoms with van der Waals surface area (Å²) in [6.07, 6.45) is 0. The van der Waals surface area contributed by atoms with Crippen molar-refractivity contribution in [3.05, 3.63) is 70.0 Å². The van der Waals surface area contributed by atoms with Crippen LogP contribution in [0.3, 0.4) is 0 Å². The third kappa shape index (κ3) is 3.58. The van der Waals surface area contributed by atoms with Gasteiger partial charge in [0.15, 0.2) is 0 Å². The molecule has 0 aliphatic carbocycles. The zero-order chi connectivity index (χ0) is 19.7. The number of nitrogens with zero attached hydrogens (tertiary/aromatic N) is 1. The first kappa shape index (κ1) is 18.5. The number of halogens is 1. The van der Waals surface area contributed by atoms with Crippen LogP contribution in [0, 0.1) is 0 Å². The van der Waals surface area contributed by atoms with Crippen molar-refractivity contribution in [1.82, 2.24) is 4.98 Å². The van der Waals surface area contributed by atoms with E-state index in [-0.39, 0.29) is 5.91 Å². The van der Waals surface area contributed by atoms with Crippen molar-refractivity contribution in [2.75, 3.05) is 18.2 Å². The molecule has 2 aromatic carbocycles. The number of hydrogen-bond donors (Lipinski definition) is 2. The number of carbonyl (C=O) groups is 1. The summed E-state index contributed by atoms with van der Waals surface area (Å²) < 4.78 is 6.08. The Morgan fingerprint density at radius 1 is 1.14 bits per heavy atom. The summed E-state index contributed by atoms with van der Waals surface area (Å²) in [7, 11) is 1.63. The van der Waals surface area contributed by atoms with E-state index in [1.807, 2.05) is 60.7 Å². The number of benzene rings is 2. The van der Waals surface area contributed by atoms with Crippen molar-refractivity contribution in [2.24, 2.45) is 0 Å². The Morgan fingerprint density at radius 2 is 1.93 bits per heavy atom. The molecule has 3 N–H and O–H groups in total. The average Bonchev–Trinajstić information content (AvgIpc) is 3.04. The van der Waals surface area contributed by atoms with Crippen LogP contribution < -0.4 is 15.8 Å². The number of nitrogens with two attached hydrogens (primary N) is 1. The Hall–Kier alpha value is -2.90. The minimum Gasteiger partial charge on any atom is -0.497 e. The molecular formula is C21H16BrN3O2S. The quantitative estimate of drug-likeness (QED) is 0.423. The van der Waals surface area contributed by atoms with Gasteiger partial charge < -0.3 is 15.8 Å². The van der Waals surface area contributed by atoms with Gasteiger partial charge in [0.05, 0.1) is 18.5 Å². The molecule has 0 aliphatic rings. The number of amides is 1. The lowest BCUT2D eigenvalue weighted by atomic mass is 10.1. The van der Waals surface area contributed by atoms with E-state index in [2.05, 4.69) is 21.2 Å². The number of rotatable bonds is 4. The number of fused-ring (bicyclic) bond motifs is 1. The van der Waals surface area contributed by atoms with Gasteiger partial charge in [0, 0.05) is 21.1 Å². The number of pyridine rings is 1. The number of thiophene rings is 1. The third-order valence-electron chi connectivity index (χ3n) is 4.27. The second-order valence-corrected chi connectivity index (χ2v) is 8.00. The van der Waals surface area contributed by atoms with E-state index in [1.54, 1.807) is 7.11 Å². The highest BCUT2D eigenvalue weighted by Crippen LogP contribution is 2.35. The van der Waals surface area contributed by atoms with Crippen LogP contribution in [0.2, 0.25) is 0 Å². The normalized spacial score (nSPS) is 10.8. The number of aromatic nitrogens is 1. The number of carbonyl (C=O) groups excluding carboxylic acids is 1. The summed E-state index contributed by atoms with van der Waals surface area (Å²) >= 11 is 4.69. The lowest BCUT2D eigenvalue weighted by molar-refractivity contribution is 0.103. The fourth-order valence-electron chi connectivity index (χ4n) is 2.84. The first-order chi connectivity index (χ1) is 13.5. The molecule has 0 saturated heterocycles. The van der Waals surface area contributed by atoms with E-state index < -0.39 is 0 Å². The largest absolute Gasteiger partial charge is 0.497 e. The predicted octanol–water partition coefficient (Wildman–Crippen LogP) is 5.57. The van der Waals surface area contributed by atoms with Gasteiger partial charge in [-0.25, -0.2) is 4.98 Å². The van der Waals surface area contributed by atoms with Gasteiger partial charge in [-0.2, -0.15) is 0 Å². The van der Waals surface area contributed by atoms with E-state index in [9.17, 15) is 4.79 Å². The van der Waals surface area contributed by atoms with Crippen LogP contribution >= 0.6 is 27.3 Å². The van der Waals surface area contributed by atoms with E-state index in [4.69, 9.17) is 15.5 Å². The Kier molecular flexibility index (Phi) is 5.02. The lowest BCUT2D eigenvalue weighted by Gasteiger charge is -2.04. The highest BCUT2D eigenvalue weighted by atomic mass is 79.9. The molecule has 7 heteroatoms. The summed E-state index contributed by atoms with van der Waals surface area (Å²) in [4.78, 5) is 18.6.